The first-order valence-electron chi connectivity index (χ1n) is 9.06. The standard InChI is InChI=1S/C21H26N2O2/c1-4-13-25-17-10-8-9-16(14-17)20-22-19-12-7-6-11-18(19)21(24)23(20)15(3)5-2/h6-12,14-15,20,22H,4-5,13H2,1-3H3. The molecule has 1 amide bonds. The molecule has 0 saturated heterocycles. The maximum atomic E-state index is 13.1. The molecule has 1 N–H and O–H groups in total. The van der Waals surface area contributed by atoms with Crippen LogP contribution in [0.15, 0.2) is 48.5 Å². The van der Waals surface area contributed by atoms with Crippen molar-refractivity contribution in [1.29, 1.82) is 0 Å². The van der Waals surface area contributed by atoms with Gasteiger partial charge >= 0.3 is 0 Å². The van der Waals surface area contributed by atoms with Gasteiger partial charge in [-0.15, -0.1) is 0 Å². The summed E-state index contributed by atoms with van der Waals surface area (Å²) in [5, 5.41) is 3.54. The fourth-order valence-electron chi connectivity index (χ4n) is 3.16. The van der Waals surface area contributed by atoms with Gasteiger partial charge in [0.15, 0.2) is 0 Å². The van der Waals surface area contributed by atoms with Gasteiger partial charge in [-0.05, 0) is 49.6 Å². The number of nitrogens with one attached hydrogen (secondary N) is 1. The molecular weight excluding hydrogens is 312 g/mol. The van der Waals surface area contributed by atoms with Gasteiger partial charge in [0.1, 0.15) is 11.9 Å². The molecule has 0 fully saturated rings. The molecule has 2 atom stereocenters. The van der Waals surface area contributed by atoms with E-state index in [1.54, 1.807) is 0 Å². The number of fused-ring (bicyclic) bond motifs is 1. The van der Waals surface area contributed by atoms with E-state index in [1.165, 1.54) is 0 Å². The Bertz CT molecular complexity index is 744. The van der Waals surface area contributed by atoms with Crippen LogP contribution in [0.3, 0.4) is 0 Å². The largest absolute Gasteiger partial charge is 0.494 e. The van der Waals surface area contributed by atoms with Gasteiger partial charge < -0.3 is 15.0 Å². The SMILES string of the molecule is CCCOc1cccc(C2Nc3ccccc3C(=O)N2C(C)CC)c1. The van der Waals surface area contributed by atoms with E-state index in [0.717, 1.165) is 35.4 Å². The van der Waals surface area contributed by atoms with Gasteiger partial charge in [0.25, 0.3) is 5.91 Å². The molecule has 25 heavy (non-hydrogen) atoms. The summed E-state index contributed by atoms with van der Waals surface area (Å²) in [4.78, 5) is 15.1. The fourth-order valence-corrected chi connectivity index (χ4v) is 3.16. The predicted molar refractivity (Wildman–Crippen MR) is 101 cm³/mol. The molecule has 0 saturated carbocycles. The number of benzene rings is 2. The molecule has 2 aromatic carbocycles. The molecule has 3 rings (SSSR count). The van der Waals surface area contributed by atoms with Crippen molar-refractivity contribution >= 4 is 11.6 Å². The summed E-state index contributed by atoms with van der Waals surface area (Å²) in [5.41, 5.74) is 2.66. The van der Waals surface area contributed by atoms with E-state index < -0.39 is 0 Å². The zero-order chi connectivity index (χ0) is 17.8. The lowest BCUT2D eigenvalue weighted by Crippen LogP contribution is -2.47. The van der Waals surface area contributed by atoms with Crippen LogP contribution in [0.4, 0.5) is 5.69 Å². The molecule has 0 bridgehead atoms. The van der Waals surface area contributed by atoms with Gasteiger partial charge in [-0.25, -0.2) is 0 Å². The van der Waals surface area contributed by atoms with Crippen molar-refractivity contribution in [2.75, 3.05) is 11.9 Å². The fraction of sp³-hybridized carbons (Fsp3) is 0.381. The number of anilines is 1. The Labute approximate surface area is 149 Å². The lowest BCUT2D eigenvalue weighted by molar-refractivity contribution is 0.0593. The number of hydrogen-bond acceptors (Lipinski definition) is 3. The van der Waals surface area contributed by atoms with Gasteiger partial charge in [-0.3, -0.25) is 4.79 Å². The van der Waals surface area contributed by atoms with Crippen molar-refractivity contribution in [3.8, 4) is 5.75 Å². The lowest BCUT2D eigenvalue weighted by Gasteiger charge is -2.41. The molecule has 0 aromatic heterocycles. The minimum absolute atomic E-state index is 0.0774. The van der Waals surface area contributed by atoms with Gasteiger partial charge in [0.2, 0.25) is 0 Å². The minimum atomic E-state index is -0.192. The van der Waals surface area contributed by atoms with Crippen molar-refractivity contribution < 1.29 is 9.53 Å². The number of amides is 1. The number of para-hydroxylation sites is 1. The van der Waals surface area contributed by atoms with E-state index in [1.807, 2.05) is 53.4 Å². The molecular formula is C21H26N2O2. The highest BCUT2D eigenvalue weighted by molar-refractivity contribution is 6.01. The summed E-state index contributed by atoms with van der Waals surface area (Å²) in [7, 11) is 0. The number of hydrogen-bond donors (Lipinski definition) is 1. The summed E-state index contributed by atoms with van der Waals surface area (Å²) in [6.45, 7) is 6.99. The predicted octanol–water partition coefficient (Wildman–Crippen LogP) is 4.84. The molecule has 1 aliphatic rings. The van der Waals surface area contributed by atoms with Gasteiger partial charge in [0, 0.05) is 11.7 Å². The first kappa shape index (κ1) is 17.3. The second-order valence-corrected chi connectivity index (χ2v) is 6.48. The Morgan fingerprint density at radius 2 is 1.96 bits per heavy atom. The maximum Gasteiger partial charge on any atom is 0.258 e. The van der Waals surface area contributed by atoms with Crippen LogP contribution in [0.25, 0.3) is 0 Å². The molecule has 1 aliphatic heterocycles. The van der Waals surface area contributed by atoms with Crippen molar-refractivity contribution in [1.82, 2.24) is 4.90 Å². The van der Waals surface area contributed by atoms with E-state index in [4.69, 9.17) is 4.74 Å². The summed E-state index contributed by atoms with van der Waals surface area (Å²) >= 11 is 0. The molecule has 0 radical (unpaired) electrons. The Morgan fingerprint density at radius 3 is 2.72 bits per heavy atom. The first-order chi connectivity index (χ1) is 12.2. The molecule has 2 unspecified atom stereocenters. The summed E-state index contributed by atoms with van der Waals surface area (Å²) in [6, 6.07) is 15.9. The van der Waals surface area contributed by atoms with Crippen LogP contribution in [0.5, 0.6) is 5.75 Å². The van der Waals surface area contributed by atoms with Gasteiger partial charge in [0.05, 0.1) is 12.2 Å². The summed E-state index contributed by atoms with van der Waals surface area (Å²) in [5.74, 6) is 0.921. The van der Waals surface area contributed by atoms with Crippen LogP contribution in [0, 0.1) is 0 Å². The van der Waals surface area contributed by atoms with Crippen molar-refractivity contribution in [2.45, 2.75) is 45.8 Å². The molecule has 4 nitrogen and oxygen atoms in total. The van der Waals surface area contributed by atoms with Gasteiger partial charge in [-0.2, -0.15) is 0 Å². The number of rotatable bonds is 6. The molecule has 0 aliphatic carbocycles. The van der Waals surface area contributed by atoms with Crippen LogP contribution in [-0.4, -0.2) is 23.5 Å². The second kappa shape index (κ2) is 7.60. The van der Waals surface area contributed by atoms with Crippen LogP contribution in [0.1, 0.15) is 55.7 Å². The smallest absolute Gasteiger partial charge is 0.258 e. The van der Waals surface area contributed by atoms with Gasteiger partial charge in [-0.1, -0.05) is 38.1 Å². The molecule has 2 aromatic rings. The Balaban J connectivity index is 1.99. The van der Waals surface area contributed by atoms with E-state index >= 15 is 0 Å². The van der Waals surface area contributed by atoms with Crippen molar-refractivity contribution in [3.05, 3.63) is 59.7 Å². The first-order valence-corrected chi connectivity index (χ1v) is 9.06. The number of ether oxygens (including phenoxy) is 1. The molecule has 4 heteroatoms. The Hall–Kier alpha value is -2.49. The van der Waals surface area contributed by atoms with E-state index in [9.17, 15) is 4.79 Å². The normalized spacial score (nSPS) is 17.6. The Kier molecular flexibility index (Phi) is 5.27. The highest BCUT2D eigenvalue weighted by Crippen LogP contribution is 2.35. The van der Waals surface area contributed by atoms with Crippen LogP contribution in [-0.2, 0) is 0 Å². The zero-order valence-electron chi connectivity index (χ0n) is 15.2. The van der Waals surface area contributed by atoms with E-state index in [-0.39, 0.29) is 18.1 Å². The maximum absolute atomic E-state index is 13.1. The lowest BCUT2D eigenvalue weighted by atomic mass is 10.0. The molecule has 132 valence electrons. The number of nitrogens with zero attached hydrogens (tertiary/aromatic N) is 1. The Morgan fingerprint density at radius 1 is 1.16 bits per heavy atom. The average molecular weight is 338 g/mol. The molecule has 1 heterocycles. The second-order valence-electron chi connectivity index (χ2n) is 6.48. The highest BCUT2D eigenvalue weighted by atomic mass is 16.5. The number of carbonyl (C=O) groups excluding carboxylic acids is 1. The van der Waals surface area contributed by atoms with Crippen LogP contribution < -0.4 is 10.1 Å². The summed E-state index contributed by atoms with van der Waals surface area (Å²) < 4.78 is 5.77. The van der Waals surface area contributed by atoms with E-state index in [0.29, 0.717) is 6.61 Å². The minimum Gasteiger partial charge on any atom is -0.494 e. The monoisotopic (exact) mass is 338 g/mol. The van der Waals surface area contributed by atoms with Crippen LogP contribution >= 0.6 is 0 Å². The van der Waals surface area contributed by atoms with E-state index in [2.05, 4.69) is 26.1 Å². The topological polar surface area (TPSA) is 41.6 Å². The summed E-state index contributed by atoms with van der Waals surface area (Å²) in [6.07, 6.45) is 1.68. The van der Waals surface area contributed by atoms with Crippen LogP contribution in [0.2, 0.25) is 0 Å². The average Bonchev–Trinajstić information content (AvgIpc) is 2.66. The van der Waals surface area contributed by atoms with Crippen molar-refractivity contribution in [2.24, 2.45) is 0 Å². The molecule has 0 spiro atoms. The quantitative estimate of drug-likeness (QED) is 0.819. The highest BCUT2D eigenvalue weighted by Gasteiger charge is 2.35. The third-order valence-corrected chi connectivity index (χ3v) is 4.67. The van der Waals surface area contributed by atoms with Crippen molar-refractivity contribution in [3.63, 3.8) is 0 Å². The third-order valence-electron chi connectivity index (χ3n) is 4.67. The third kappa shape index (κ3) is 3.48. The number of carbonyl (C=O) groups is 1. The zero-order valence-corrected chi connectivity index (χ0v) is 15.2.